The molecule has 0 fully saturated rings. The van der Waals surface area contributed by atoms with Gasteiger partial charge in [-0.15, -0.1) is 11.3 Å². The Kier molecular flexibility index (Phi) is 3.20. The Bertz CT molecular complexity index is 577. The van der Waals surface area contributed by atoms with Crippen molar-refractivity contribution in [2.24, 2.45) is 0 Å². The summed E-state index contributed by atoms with van der Waals surface area (Å²) >= 11 is 1.60. The molecular formula is C15H20N2S. The number of aryl methyl sites for hydroxylation is 1. The van der Waals surface area contributed by atoms with Crippen LogP contribution in [-0.4, -0.2) is 4.98 Å². The minimum Gasteiger partial charge on any atom is -0.389 e. The van der Waals surface area contributed by atoms with E-state index in [9.17, 15) is 0 Å². The average molecular weight is 260 g/mol. The van der Waals surface area contributed by atoms with Crippen LogP contribution in [0.25, 0.3) is 11.3 Å². The zero-order valence-electron chi connectivity index (χ0n) is 11.7. The third kappa shape index (κ3) is 2.27. The second-order valence-electron chi connectivity index (χ2n) is 5.73. The molecule has 1 aromatic carbocycles. The molecule has 2 rings (SSSR count). The molecule has 0 radical (unpaired) electrons. The van der Waals surface area contributed by atoms with Crippen LogP contribution >= 0.6 is 11.3 Å². The van der Waals surface area contributed by atoms with Gasteiger partial charge in [-0.25, -0.2) is 4.98 Å². The second-order valence-corrected chi connectivity index (χ2v) is 6.76. The second kappa shape index (κ2) is 4.39. The fourth-order valence-electron chi connectivity index (χ4n) is 1.85. The quantitative estimate of drug-likeness (QED) is 0.830. The number of hydrogen-bond donors (Lipinski definition) is 1. The van der Waals surface area contributed by atoms with Crippen molar-refractivity contribution in [1.82, 2.24) is 4.98 Å². The molecule has 0 saturated carbocycles. The number of nitrogens with zero attached hydrogens (tertiary/aromatic N) is 1. The van der Waals surface area contributed by atoms with Crippen molar-refractivity contribution < 1.29 is 0 Å². The van der Waals surface area contributed by atoms with Crippen LogP contribution in [-0.2, 0) is 5.41 Å². The molecule has 0 aliphatic rings. The van der Waals surface area contributed by atoms with Gasteiger partial charge in [-0.05, 0) is 25.0 Å². The Morgan fingerprint density at radius 1 is 1.17 bits per heavy atom. The first kappa shape index (κ1) is 13.1. The lowest BCUT2D eigenvalue weighted by molar-refractivity contribution is 0.586. The summed E-state index contributed by atoms with van der Waals surface area (Å²) in [6.45, 7) is 10.7. The van der Waals surface area contributed by atoms with Crippen LogP contribution in [0.3, 0.4) is 0 Å². The normalized spacial score (nSPS) is 11.8. The van der Waals surface area contributed by atoms with Crippen molar-refractivity contribution in [3.8, 4) is 11.3 Å². The Hall–Kier alpha value is -1.35. The predicted molar refractivity (Wildman–Crippen MR) is 80.1 cm³/mol. The number of benzene rings is 1. The van der Waals surface area contributed by atoms with Crippen molar-refractivity contribution in [3.63, 3.8) is 0 Å². The fourth-order valence-corrected chi connectivity index (χ4v) is 2.76. The van der Waals surface area contributed by atoms with Gasteiger partial charge in [0.1, 0.15) is 15.7 Å². The Balaban J connectivity index is 2.58. The molecule has 0 unspecified atom stereocenters. The van der Waals surface area contributed by atoms with E-state index in [1.54, 1.807) is 11.3 Å². The predicted octanol–water partition coefficient (Wildman–Crippen LogP) is 4.31. The minimum absolute atomic E-state index is 0.0504. The van der Waals surface area contributed by atoms with E-state index < -0.39 is 0 Å². The molecule has 0 aliphatic carbocycles. The van der Waals surface area contributed by atoms with Crippen LogP contribution in [0, 0.1) is 13.8 Å². The molecule has 2 aromatic rings. The van der Waals surface area contributed by atoms with E-state index >= 15 is 0 Å². The number of hydrogen-bond acceptors (Lipinski definition) is 3. The first-order valence-electron chi connectivity index (χ1n) is 6.14. The highest BCUT2D eigenvalue weighted by atomic mass is 32.1. The number of nitrogen functional groups attached to an aromatic ring is 1. The monoisotopic (exact) mass is 260 g/mol. The van der Waals surface area contributed by atoms with Crippen molar-refractivity contribution in [2.75, 3.05) is 5.73 Å². The SMILES string of the molecule is Cc1cccc(-c2nc(C(C)(C)C)sc2N)c1C. The van der Waals surface area contributed by atoms with Crippen molar-refractivity contribution in [2.45, 2.75) is 40.0 Å². The van der Waals surface area contributed by atoms with E-state index in [1.807, 2.05) is 0 Å². The highest BCUT2D eigenvalue weighted by Crippen LogP contribution is 2.37. The molecule has 0 saturated heterocycles. The molecule has 1 heterocycles. The summed E-state index contributed by atoms with van der Waals surface area (Å²) in [6, 6.07) is 6.28. The molecule has 0 atom stereocenters. The minimum atomic E-state index is 0.0504. The van der Waals surface area contributed by atoms with E-state index in [4.69, 9.17) is 10.7 Å². The summed E-state index contributed by atoms with van der Waals surface area (Å²) in [6.07, 6.45) is 0. The molecule has 18 heavy (non-hydrogen) atoms. The standard InChI is InChI=1S/C15H20N2S/c1-9-7-6-8-11(10(9)2)12-13(16)18-14(17-12)15(3,4)5/h6-8H,16H2,1-5H3. The molecule has 2 N–H and O–H groups in total. The van der Waals surface area contributed by atoms with Crippen LogP contribution in [0.1, 0.15) is 36.9 Å². The third-order valence-corrected chi connectivity index (χ3v) is 4.46. The van der Waals surface area contributed by atoms with E-state index in [-0.39, 0.29) is 5.41 Å². The van der Waals surface area contributed by atoms with Crippen molar-refractivity contribution >= 4 is 16.3 Å². The van der Waals surface area contributed by atoms with Crippen molar-refractivity contribution in [3.05, 3.63) is 34.3 Å². The number of nitrogens with two attached hydrogens (primary N) is 1. The average Bonchev–Trinajstić information content (AvgIpc) is 2.64. The Morgan fingerprint density at radius 3 is 2.39 bits per heavy atom. The third-order valence-electron chi connectivity index (χ3n) is 3.15. The molecule has 0 spiro atoms. The molecule has 3 heteroatoms. The zero-order chi connectivity index (χ0) is 13.5. The number of rotatable bonds is 1. The largest absolute Gasteiger partial charge is 0.389 e. The summed E-state index contributed by atoms with van der Waals surface area (Å²) in [4.78, 5) is 4.75. The Labute approximate surface area is 113 Å². The van der Waals surface area contributed by atoms with Crippen molar-refractivity contribution in [1.29, 1.82) is 0 Å². The molecule has 2 nitrogen and oxygen atoms in total. The van der Waals surface area contributed by atoms with E-state index in [1.165, 1.54) is 11.1 Å². The fraction of sp³-hybridized carbons (Fsp3) is 0.400. The lowest BCUT2D eigenvalue weighted by Gasteiger charge is -2.13. The van der Waals surface area contributed by atoms with E-state index in [0.717, 1.165) is 21.3 Å². The van der Waals surface area contributed by atoms with Crippen LogP contribution in [0.4, 0.5) is 5.00 Å². The van der Waals surface area contributed by atoms with Gasteiger partial charge in [-0.1, -0.05) is 39.0 Å². The summed E-state index contributed by atoms with van der Waals surface area (Å²) in [7, 11) is 0. The lowest BCUT2D eigenvalue weighted by atomic mass is 9.97. The van der Waals surface area contributed by atoms with Crippen LogP contribution in [0.15, 0.2) is 18.2 Å². The molecule has 0 amide bonds. The maximum Gasteiger partial charge on any atom is 0.114 e. The van der Waals surface area contributed by atoms with Crippen LogP contribution in [0.5, 0.6) is 0 Å². The van der Waals surface area contributed by atoms with Gasteiger partial charge in [-0.2, -0.15) is 0 Å². The molecule has 96 valence electrons. The van der Waals surface area contributed by atoms with Gasteiger partial charge in [0.05, 0.1) is 0 Å². The van der Waals surface area contributed by atoms with E-state index in [2.05, 4.69) is 52.8 Å². The van der Waals surface area contributed by atoms with Crippen LogP contribution < -0.4 is 5.73 Å². The molecule has 1 aromatic heterocycles. The van der Waals surface area contributed by atoms with Gasteiger partial charge in [0, 0.05) is 11.0 Å². The van der Waals surface area contributed by atoms with Gasteiger partial charge in [0.15, 0.2) is 0 Å². The number of anilines is 1. The highest BCUT2D eigenvalue weighted by Gasteiger charge is 2.21. The summed E-state index contributed by atoms with van der Waals surface area (Å²) < 4.78 is 0. The summed E-state index contributed by atoms with van der Waals surface area (Å²) in [5.74, 6) is 0. The van der Waals surface area contributed by atoms with Gasteiger partial charge < -0.3 is 5.73 Å². The first-order valence-corrected chi connectivity index (χ1v) is 6.95. The molecular weight excluding hydrogens is 240 g/mol. The van der Waals surface area contributed by atoms with E-state index in [0.29, 0.717) is 0 Å². The Morgan fingerprint density at radius 2 is 1.83 bits per heavy atom. The maximum absolute atomic E-state index is 6.15. The highest BCUT2D eigenvalue weighted by molar-refractivity contribution is 7.16. The van der Waals surface area contributed by atoms with Gasteiger partial charge in [-0.3, -0.25) is 0 Å². The molecule has 0 bridgehead atoms. The van der Waals surface area contributed by atoms with Gasteiger partial charge in [0.2, 0.25) is 0 Å². The van der Waals surface area contributed by atoms with Crippen LogP contribution in [0.2, 0.25) is 0 Å². The maximum atomic E-state index is 6.15. The topological polar surface area (TPSA) is 38.9 Å². The number of thiazole rings is 1. The zero-order valence-corrected chi connectivity index (χ0v) is 12.5. The summed E-state index contributed by atoms with van der Waals surface area (Å²) in [5, 5.41) is 1.91. The molecule has 0 aliphatic heterocycles. The van der Waals surface area contributed by atoms with Gasteiger partial charge >= 0.3 is 0 Å². The first-order chi connectivity index (χ1) is 8.30. The smallest absolute Gasteiger partial charge is 0.114 e. The summed E-state index contributed by atoms with van der Waals surface area (Å²) in [5.41, 5.74) is 10.8. The van der Waals surface area contributed by atoms with Gasteiger partial charge in [0.25, 0.3) is 0 Å². The number of aromatic nitrogens is 1. The lowest BCUT2D eigenvalue weighted by Crippen LogP contribution is -2.10.